The minimum absolute atomic E-state index is 0.136. The number of halogens is 1. The fraction of sp³-hybridized carbons (Fsp3) is 0.529. The average molecular weight is 323 g/mol. The number of likely N-dealkylation sites (N-methyl/N-ethyl adjacent to an activating group) is 1. The van der Waals surface area contributed by atoms with Gasteiger partial charge >= 0.3 is 6.03 Å². The number of hydrogen-bond donors (Lipinski definition) is 2. The van der Waals surface area contributed by atoms with Crippen LogP contribution < -0.4 is 10.6 Å². The number of nitrogens with one attached hydrogen (secondary N) is 2. The molecule has 0 fully saturated rings. The summed E-state index contributed by atoms with van der Waals surface area (Å²) < 4.78 is 12.9. The van der Waals surface area contributed by atoms with Crippen LogP contribution in [-0.4, -0.2) is 37.0 Å². The van der Waals surface area contributed by atoms with E-state index in [0.717, 1.165) is 5.56 Å². The lowest BCUT2D eigenvalue weighted by Crippen LogP contribution is -2.50. The van der Waals surface area contributed by atoms with Crippen molar-refractivity contribution in [3.05, 3.63) is 35.6 Å². The third-order valence-electron chi connectivity index (χ3n) is 3.47. The van der Waals surface area contributed by atoms with Gasteiger partial charge < -0.3 is 15.5 Å². The van der Waals surface area contributed by atoms with Gasteiger partial charge in [-0.1, -0.05) is 26.0 Å². The molecule has 0 aromatic heterocycles. The monoisotopic (exact) mass is 323 g/mol. The van der Waals surface area contributed by atoms with Crippen LogP contribution in [0, 0.1) is 11.7 Å². The standard InChI is InChI=1S/C17H26FN3O2/c1-11(2)10-15(16(22)21(4)5)20-17(23)19-12(3)13-6-8-14(18)9-7-13/h6-9,11-12,15H,10H2,1-5H3,(H2,19,20,23)/t12-,15-/m1/s1. The number of rotatable bonds is 6. The van der Waals surface area contributed by atoms with Crippen LogP contribution in [0.15, 0.2) is 24.3 Å². The highest BCUT2D eigenvalue weighted by Gasteiger charge is 2.23. The highest BCUT2D eigenvalue weighted by molar-refractivity contribution is 5.86. The maximum atomic E-state index is 12.9. The van der Waals surface area contributed by atoms with Crippen LogP contribution in [0.5, 0.6) is 0 Å². The Bertz CT molecular complexity index is 529. The van der Waals surface area contributed by atoms with Gasteiger partial charge in [0.1, 0.15) is 11.9 Å². The van der Waals surface area contributed by atoms with Crippen molar-refractivity contribution in [2.75, 3.05) is 14.1 Å². The van der Waals surface area contributed by atoms with E-state index in [1.54, 1.807) is 33.2 Å². The second-order valence-corrected chi connectivity index (χ2v) is 6.31. The van der Waals surface area contributed by atoms with Gasteiger partial charge in [-0.2, -0.15) is 0 Å². The van der Waals surface area contributed by atoms with E-state index in [0.29, 0.717) is 6.42 Å². The average Bonchev–Trinajstić information content (AvgIpc) is 2.45. The van der Waals surface area contributed by atoms with Gasteiger partial charge in [-0.15, -0.1) is 0 Å². The molecule has 0 aliphatic rings. The van der Waals surface area contributed by atoms with Crippen LogP contribution in [-0.2, 0) is 4.79 Å². The molecule has 1 aromatic carbocycles. The molecule has 0 saturated heterocycles. The van der Waals surface area contributed by atoms with Crippen LogP contribution in [0.1, 0.15) is 38.8 Å². The molecule has 0 bridgehead atoms. The molecule has 0 unspecified atom stereocenters. The molecule has 2 N–H and O–H groups in total. The van der Waals surface area contributed by atoms with Crippen molar-refractivity contribution in [2.24, 2.45) is 5.92 Å². The van der Waals surface area contributed by atoms with Crippen LogP contribution in [0.3, 0.4) is 0 Å². The Morgan fingerprint density at radius 3 is 2.13 bits per heavy atom. The Kier molecular flexibility index (Phi) is 7.00. The summed E-state index contributed by atoms with van der Waals surface area (Å²) in [6.45, 7) is 5.80. The zero-order chi connectivity index (χ0) is 17.6. The molecular formula is C17H26FN3O2. The van der Waals surface area contributed by atoms with Crippen LogP contribution in [0.2, 0.25) is 0 Å². The lowest BCUT2D eigenvalue weighted by Gasteiger charge is -2.24. The minimum Gasteiger partial charge on any atom is -0.347 e. The number of benzene rings is 1. The molecule has 5 nitrogen and oxygen atoms in total. The first kappa shape index (κ1) is 18.9. The lowest BCUT2D eigenvalue weighted by molar-refractivity contribution is -0.131. The highest BCUT2D eigenvalue weighted by atomic mass is 19.1. The number of urea groups is 1. The van der Waals surface area contributed by atoms with Crippen molar-refractivity contribution in [2.45, 2.75) is 39.3 Å². The zero-order valence-corrected chi connectivity index (χ0v) is 14.4. The quantitative estimate of drug-likeness (QED) is 0.845. The Hall–Kier alpha value is -2.11. The third-order valence-corrected chi connectivity index (χ3v) is 3.47. The molecule has 128 valence electrons. The van der Waals surface area contributed by atoms with E-state index < -0.39 is 12.1 Å². The summed E-state index contributed by atoms with van der Waals surface area (Å²) in [5.74, 6) is -0.180. The smallest absolute Gasteiger partial charge is 0.315 e. The normalized spacial score (nSPS) is 13.3. The molecule has 1 aromatic rings. The Morgan fingerprint density at radius 2 is 1.65 bits per heavy atom. The molecule has 0 aliphatic carbocycles. The molecule has 0 heterocycles. The summed E-state index contributed by atoms with van der Waals surface area (Å²) in [5, 5.41) is 5.50. The fourth-order valence-electron chi connectivity index (χ4n) is 2.24. The summed E-state index contributed by atoms with van der Waals surface area (Å²) in [6.07, 6.45) is 0.565. The van der Waals surface area contributed by atoms with Crippen molar-refractivity contribution in [3.8, 4) is 0 Å². The third kappa shape index (κ3) is 6.26. The van der Waals surface area contributed by atoms with E-state index in [1.165, 1.54) is 17.0 Å². The van der Waals surface area contributed by atoms with Crippen LogP contribution >= 0.6 is 0 Å². The molecule has 0 spiro atoms. The van der Waals surface area contributed by atoms with Gasteiger partial charge in [0.15, 0.2) is 0 Å². The van der Waals surface area contributed by atoms with Crippen LogP contribution in [0.25, 0.3) is 0 Å². The van der Waals surface area contributed by atoms with E-state index in [2.05, 4.69) is 10.6 Å². The first-order valence-corrected chi connectivity index (χ1v) is 7.74. The highest BCUT2D eigenvalue weighted by Crippen LogP contribution is 2.13. The number of amides is 3. The number of hydrogen-bond acceptors (Lipinski definition) is 2. The summed E-state index contributed by atoms with van der Waals surface area (Å²) in [7, 11) is 3.33. The lowest BCUT2D eigenvalue weighted by atomic mass is 10.0. The Balaban J connectivity index is 2.67. The van der Waals surface area contributed by atoms with Crippen molar-refractivity contribution < 1.29 is 14.0 Å². The first-order chi connectivity index (χ1) is 10.7. The van der Waals surface area contributed by atoms with Gasteiger partial charge in [0.05, 0.1) is 6.04 Å². The number of carbonyl (C=O) groups excluding carboxylic acids is 2. The maximum absolute atomic E-state index is 12.9. The Labute approximate surface area is 137 Å². The molecule has 1 rings (SSSR count). The molecule has 2 atom stereocenters. The fourth-order valence-corrected chi connectivity index (χ4v) is 2.24. The van der Waals surface area contributed by atoms with E-state index in [-0.39, 0.29) is 23.7 Å². The van der Waals surface area contributed by atoms with Gasteiger partial charge in [-0.25, -0.2) is 9.18 Å². The van der Waals surface area contributed by atoms with Gasteiger partial charge in [-0.3, -0.25) is 4.79 Å². The molecule has 6 heteroatoms. The van der Waals surface area contributed by atoms with Crippen molar-refractivity contribution >= 4 is 11.9 Å². The van der Waals surface area contributed by atoms with Crippen molar-refractivity contribution in [3.63, 3.8) is 0 Å². The SMILES string of the molecule is CC(C)C[C@@H](NC(=O)N[C@H](C)c1ccc(F)cc1)C(=O)N(C)C. The molecular weight excluding hydrogens is 297 g/mol. The second kappa shape index (κ2) is 8.50. The summed E-state index contributed by atoms with van der Waals surface area (Å²) >= 11 is 0. The van der Waals surface area contributed by atoms with Gasteiger partial charge in [-0.05, 0) is 37.0 Å². The van der Waals surface area contributed by atoms with Crippen molar-refractivity contribution in [1.29, 1.82) is 0 Å². The largest absolute Gasteiger partial charge is 0.347 e. The maximum Gasteiger partial charge on any atom is 0.315 e. The van der Waals surface area contributed by atoms with E-state index in [9.17, 15) is 14.0 Å². The molecule has 0 aliphatic heterocycles. The minimum atomic E-state index is -0.564. The zero-order valence-electron chi connectivity index (χ0n) is 14.4. The molecule has 23 heavy (non-hydrogen) atoms. The summed E-state index contributed by atoms with van der Waals surface area (Å²) in [6, 6.07) is 4.68. The van der Waals surface area contributed by atoms with Crippen molar-refractivity contribution in [1.82, 2.24) is 15.5 Å². The van der Waals surface area contributed by atoms with E-state index >= 15 is 0 Å². The topological polar surface area (TPSA) is 61.4 Å². The summed E-state index contributed by atoms with van der Waals surface area (Å²) in [4.78, 5) is 25.8. The number of nitrogens with zero attached hydrogens (tertiary/aromatic N) is 1. The van der Waals surface area contributed by atoms with Gasteiger partial charge in [0.2, 0.25) is 5.91 Å². The first-order valence-electron chi connectivity index (χ1n) is 7.74. The van der Waals surface area contributed by atoms with E-state index in [4.69, 9.17) is 0 Å². The summed E-state index contributed by atoms with van der Waals surface area (Å²) in [5.41, 5.74) is 0.792. The van der Waals surface area contributed by atoms with E-state index in [1.807, 2.05) is 13.8 Å². The molecule has 3 amide bonds. The Morgan fingerprint density at radius 1 is 1.09 bits per heavy atom. The predicted molar refractivity (Wildman–Crippen MR) is 88.4 cm³/mol. The van der Waals surface area contributed by atoms with Gasteiger partial charge in [0, 0.05) is 14.1 Å². The molecule has 0 radical (unpaired) electrons. The van der Waals surface area contributed by atoms with Gasteiger partial charge in [0.25, 0.3) is 0 Å². The van der Waals surface area contributed by atoms with Crippen LogP contribution in [0.4, 0.5) is 9.18 Å². The molecule has 0 saturated carbocycles. The number of carbonyl (C=O) groups is 2. The second-order valence-electron chi connectivity index (χ2n) is 6.31. The predicted octanol–water partition coefficient (Wildman–Crippen LogP) is 2.69.